The van der Waals surface area contributed by atoms with Crippen molar-refractivity contribution in [1.29, 1.82) is 0 Å². The van der Waals surface area contributed by atoms with E-state index in [9.17, 15) is 14.4 Å². The highest BCUT2D eigenvalue weighted by Crippen LogP contribution is 2.40. The molecule has 0 fully saturated rings. The van der Waals surface area contributed by atoms with Crippen LogP contribution in [0.25, 0.3) is 5.69 Å². The summed E-state index contributed by atoms with van der Waals surface area (Å²) >= 11 is 2.69. The molecule has 2 heterocycles. The van der Waals surface area contributed by atoms with Crippen molar-refractivity contribution in [2.75, 3.05) is 26.1 Å². The second-order valence-corrected chi connectivity index (χ2v) is 13.2. The van der Waals surface area contributed by atoms with Crippen molar-refractivity contribution < 1.29 is 28.6 Å². The first-order valence-electron chi connectivity index (χ1n) is 15.0. The summed E-state index contributed by atoms with van der Waals surface area (Å²) in [4.78, 5) is 40.6. The molecule has 0 saturated carbocycles. The first-order valence-corrected chi connectivity index (χ1v) is 16.7. The Morgan fingerprint density at radius 2 is 1.85 bits per heavy atom. The standard InChI is InChI=1S/C33H37N5O6S2/c1-7-44-32(41)28-22-11-9-13-26(22)46-31(28)35-29(39)20(4)45-33-37-36-27(38(33)23-12-8-10-18(2)19(23)3)17-34-30(40)21-14-15-24(42-5)25(16-21)43-6/h8,10,12,14-16,20H,7,9,11,13,17H2,1-6H3,(H,34,40)(H,35,39). The van der Waals surface area contributed by atoms with Gasteiger partial charge >= 0.3 is 5.97 Å². The number of nitrogens with one attached hydrogen (secondary N) is 2. The van der Waals surface area contributed by atoms with Gasteiger partial charge in [0.05, 0.1) is 43.9 Å². The van der Waals surface area contributed by atoms with Gasteiger partial charge in [0, 0.05) is 10.4 Å². The molecule has 2 N–H and O–H groups in total. The lowest BCUT2D eigenvalue weighted by Gasteiger charge is -2.17. The number of thiophene rings is 1. The minimum Gasteiger partial charge on any atom is -0.493 e. The van der Waals surface area contributed by atoms with Crippen molar-refractivity contribution >= 4 is 45.9 Å². The third kappa shape index (κ3) is 6.75. The molecular formula is C33H37N5O6S2. The van der Waals surface area contributed by atoms with Crippen molar-refractivity contribution in [3.63, 3.8) is 0 Å². The average Bonchev–Trinajstić information content (AvgIpc) is 3.75. The first-order chi connectivity index (χ1) is 22.2. The van der Waals surface area contributed by atoms with Gasteiger partial charge in [-0.3, -0.25) is 14.2 Å². The zero-order valence-electron chi connectivity index (χ0n) is 26.7. The zero-order chi connectivity index (χ0) is 33.0. The number of fused-ring (bicyclic) bond motifs is 1. The number of anilines is 1. The maximum atomic E-state index is 13.5. The monoisotopic (exact) mass is 663 g/mol. The van der Waals surface area contributed by atoms with Gasteiger partial charge in [-0.05, 0) is 87.9 Å². The van der Waals surface area contributed by atoms with Crippen LogP contribution in [-0.4, -0.2) is 58.6 Å². The Balaban J connectivity index is 1.38. The molecule has 0 aliphatic heterocycles. The van der Waals surface area contributed by atoms with Crippen LogP contribution in [0.3, 0.4) is 0 Å². The fourth-order valence-electron chi connectivity index (χ4n) is 5.29. The molecule has 46 heavy (non-hydrogen) atoms. The molecule has 1 aliphatic rings. The zero-order valence-corrected chi connectivity index (χ0v) is 28.3. The first kappa shape index (κ1) is 33.0. The minimum absolute atomic E-state index is 0.0817. The van der Waals surface area contributed by atoms with E-state index in [1.807, 2.05) is 36.6 Å². The van der Waals surface area contributed by atoms with Gasteiger partial charge in [0.2, 0.25) is 5.91 Å². The number of aromatic nitrogens is 3. The van der Waals surface area contributed by atoms with Gasteiger partial charge in [0.15, 0.2) is 22.5 Å². The number of ether oxygens (including phenoxy) is 3. The van der Waals surface area contributed by atoms with Gasteiger partial charge in [-0.2, -0.15) is 0 Å². The van der Waals surface area contributed by atoms with E-state index in [0.29, 0.717) is 38.6 Å². The molecule has 242 valence electrons. The Morgan fingerprint density at radius 3 is 2.59 bits per heavy atom. The summed E-state index contributed by atoms with van der Waals surface area (Å²) in [5.74, 6) is 0.465. The molecule has 2 aromatic carbocycles. The molecule has 0 spiro atoms. The van der Waals surface area contributed by atoms with E-state index in [1.165, 1.54) is 37.3 Å². The van der Waals surface area contributed by atoms with Gasteiger partial charge in [-0.1, -0.05) is 23.9 Å². The number of carbonyl (C=O) groups is 3. The molecule has 13 heteroatoms. The highest BCUT2D eigenvalue weighted by atomic mass is 32.2. The lowest BCUT2D eigenvalue weighted by atomic mass is 10.1. The van der Waals surface area contributed by atoms with Crippen LogP contribution in [0.2, 0.25) is 0 Å². The summed E-state index contributed by atoms with van der Waals surface area (Å²) in [5.41, 5.74) is 4.78. The number of rotatable bonds is 12. The van der Waals surface area contributed by atoms with E-state index in [-0.39, 0.29) is 25.0 Å². The summed E-state index contributed by atoms with van der Waals surface area (Å²) in [6.45, 7) is 7.92. The number of nitrogens with zero attached hydrogens (tertiary/aromatic N) is 3. The summed E-state index contributed by atoms with van der Waals surface area (Å²) in [6.07, 6.45) is 2.67. The number of methoxy groups -OCH3 is 2. The van der Waals surface area contributed by atoms with E-state index in [0.717, 1.165) is 46.5 Å². The molecule has 1 aliphatic carbocycles. The van der Waals surface area contributed by atoms with Crippen molar-refractivity contribution in [2.45, 2.75) is 63.9 Å². The van der Waals surface area contributed by atoms with Gasteiger partial charge in [0.1, 0.15) is 5.00 Å². The number of benzene rings is 2. The Bertz CT molecular complexity index is 1780. The van der Waals surface area contributed by atoms with E-state index >= 15 is 0 Å². The molecule has 2 aromatic heterocycles. The SMILES string of the molecule is CCOC(=O)c1c(NC(=O)C(C)Sc2nnc(CNC(=O)c3ccc(OC)c(OC)c3)n2-c2cccc(C)c2C)sc2c1CCC2. The van der Waals surface area contributed by atoms with E-state index < -0.39 is 11.2 Å². The highest BCUT2D eigenvalue weighted by Gasteiger charge is 2.30. The molecule has 2 amide bonds. The van der Waals surface area contributed by atoms with Crippen molar-refractivity contribution in [3.05, 3.63) is 74.9 Å². The fraction of sp³-hybridized carbons (Fsp3) is 0.364. The Hall–Kier alpha value is -4.36. The van der Waals surface area contributed by atoms with Crippen molar-refractivity contribution in [3.8, 4) is 17.2 Å². The number of esters is 1. The summed E-state index contributed by atoms with van der Waals surface area (Å²) in [6, 6.07) is 10.9. The molecule has 4 aromatic rings. The number of carbonyl (C=O) groups excluding carboxylic acids is 3. The molecule has 0 saturated heterocycles. The molecule has 1 atom stereocenters. The topological polar surface area (TPSA) is 134 Å². The predicted octanol–water partition coefficient (Wildman–Crippen LogP) is 5.68. The van der Waals surface area contributed by atoms with E-state index in [2.05, 4.69) is 20.8 Å². The fourth-order valence-corrected chi connectivity index (χ4v) is 7.45. The number of hydrogen-bond acceptors (Lipinski definition) is 10. The smallest absolute Gasteiger partial charge is 0.341 e. The maximum Gasteiger partial charge on any atom is 0.341 e. The van der Waals surface area contributed by atoms with Crippen LogP contribution in [0.1, 0.15) is 68.4 Å². The van der Waals surface area contributed by atoms with Crippen LogP contribution >= 0.6 is 23.1 Å². The average molecular weight is 664 g/mol. The van der Waals surface area contributed by atoms with Crippen molar-refractivity contribution in [1.82, 2.24) is 20.1 Å². The Morgan fingerprint density at radius 1 is 1.07 bits per heavy atom. The third-order valence-electron chi connectivity index (χ3n) is 7.86. The molecule has 0 radical (unpaired) electrons. The Labute approximate surface area is 276 Å². The van der Waals surface area contributed by atoms with Crippen LogP contribution in [-0.2, 0) is 28.9 Å². The van der Waals surface area contributed by atoms with Crippen LogP contribution in [0.5, 0.6) is 11.5 Å². The van der Waals surface area contributed by atoms with Gasteiger partial charge in [-0.15, -0.1) is 21.5 Å². The lowest BCUT2D eigenvalue weighted by Crippen LogP contribution is -2.25. The maximum absolute atomic E-state index is 13.5. The summed E-state index contributed by atoms with van der Waals surface area (Å²) < 4.78 is 17.8. The third-order valence-corrected chi connectivity index (χ3v) is 10.1. The normalized spacial score (nSPS) is 12.7. The number of amides is 2. The van der Waals surface area contributed by atoms with Gasteiger partial charge in [0.25, 0.3) is 5.91 Å². The minimum atomic E-state index is -0.589. The quantitative estimate of drug-likeness (QED) is 0.145. The largest absolute Gasteiger partial charge is 0.493 e. The van der Waals surface area contributed by atoms with Gasteiger partial charge in [-0.25, -0.2) is 4.79 Å². The summed E-state index contributed by atoms with van der Waals surface area (Å²) in [7, 11) is 3.05. The molecule has 11 nitrogen and oxygen atoms in total. The number of aryl methyl sites for hydroxylation is 2. The van der Waals surface area contributed by atoms with E-state index in [1.54, 1.807) is 32.0 Å². The molecule has 1 unspecified atom stereocenters. The predicted molar refractivity (Wildman–Crippen MR) is 178 cm³/mol. The van der Waals surface area contributed by atoms with Gasteiger partial charge < -0.3 is 24.8 Å². The van der Waals surface area contributed by atoms with Crippen LogP contribution in [0, 0.1) is 13.8 Å². The molecular weight excluding hydrogens is 627 g/mol. The van der Waals surface area contributed by atoms with Crippen LogP contribution in [0.15, 0.2) is 41.6 Å². The Kier molecular flexibility index (Phi) is 10.3. The van der Waals surface area contributed by atoms with Crippen LogP contribution < -0.4 is 20.1 Å². The lowest BCUT2D eigenvalue weighted by molar-refractivity contribution is -0.115. The van der Waals surface area contributed by atoms with Crippen molar-refractivity contribution in [2.24, 2.45) is 0 Å². The molecule has 5 rings (SSSR count). The highest BCUT2D eigenvalue weighted by molar-refractivity contribution is 8.00. The second kappa shape index (κ2) is 14.4. The second-order valence-electron chi connectivity index (χ2n) is 10.7. The number of thioether (sulfide) groups is 1. The molecule has 0 bridgehead atoms. The summed E-state index contributed by atoms with van der Waals surface area (Å²) in [5, 5.41) is 15.2. The van der Waals surface area contributed by atoms with Crippen LogP contribution in [0.4, 0.5) is 5.00 Å². The number of hydrogen-bond donors (Lipinski definition) is 2. The van der Waals surface area contributed by atoms with E-state index in [4.69, 9.17) is 14.2 Å².